The van der Waals surface area contributed by atoms with Gasteiger partial charge in [0.1, 0.15) is 5.75 Å². The van der Waals surface area contributed by atoms with Crippen LogP contribution in [0, 0.1) is 0 Å². The summed E-state index contributed by atoms with van der Waals surface area (Å²) in [6, 6.07) is 14.3. The Kier molecular flexibility index (Phi) is 9.76. The lowest BCUT2D eigenvalue weighted by molar-refractivity contribution is -0.111. The number of hydrogen-bond donors (Lipinski definition) is 2. The van der Waals surface area contributed by atoms with Gasteiger partial charge in [-0.2, -0.15) is 0 Å². The normalized spacial score (nSPS) is 13.2. The van der Waals surface area contributed by atoms with Crippen molar-refractivity contribution in [1.29, 1.82) is 0 Å². The van der Waals surface area contributed by atoms with Crippen LogP contribution in [0.2, 0.25) is 0 Å². The molecule has 0 fully saturated rings. The van der Waals surface area contributed by atoms with Gasteiger partial charge in [-0.3, -0.25) is 4.79 Å². The highest BCUT2D eigenvalue weighted by molar-refractivity contribution is 6.02. The molecule has 228 valence electrons. The third-order valence-electron chi connectivity index (χ3n) is 7.79. The molecule has 9 heteroatoms. The van der Waals surface area contributed by atoms with Crippen LogP contribution in [-0.2, 0) is 16.8 Å². The van der Waals surface area contributed by atoms with E-state index in [0.717, 1.165) is 43.0 Å². The highest BCUT2D eigenvalue weighted by Crippen LogP contribution is 2.46. The number of carbonyl (C=O) groups is 1. The minimum absolute atomic E-state index is 0.0306. The van der Waals surface area contributed by atoms with Crippen molar-refractivity contribution in [2.24, 2.45) is 0 Å². The monoisotopic (exact) mass is 583 g/mol. The smallest absolute Gasteiger partial charge is 0.247 e. The van der Waals surface area contributed by atoms with E-state index in [2.05, 4.69) is 74.7 Å². The highest BCUT2D eigenvalue weighted by Gasteiger charge is 2.36. The first-order valence-corrected chi connectivity index (χ1v) is 14.9. The van der Waals surface area contributed by atoms with Gasteiger partial charge in [0.15, 0.2) is 0 Å². The lowest BCUT2D eigenvalue weighted by Crippen LogP contribution is -2.29. The first-order chi connectivity index (χ1) is 20.6. The molecule has 0 saturated heterocycles. The van der Waals surface area contributed by atoms with Crippen molar-refractivity contribution in [3.05, 3.63) is 67.0 Å². The molecule has 1 aliphatic rings. The summed E-state index contributed by atoms with van der Waals surface area (Å²) in [4.78, 5) is 26.1. The van der Waals surface area contributed by atoms with Gasteiger partial charge in [0.05, 0.1) is 29.9 Å². The van der Waals surface area contributed by atoms with Crippen LogP contribution in [-0.4, -0.2) is 66.7 Å². The number of anilines is 4. The Morgan fingerprint density at radius 1 is 1.12 bits per heavy atom. The second-order valence-electron chi connectivity index (χ2n) is 11.4. The molecular weight excluding hydrogens is 538 g/mol. The van der Waals surface area contributed by atoms with Crippen molar-refractivity contribution in [2.45, 2.75) is 46.1 Å². The van der Waals surface area contributed by atoms with E-state index < -0.39 is 0 Å². The molecule has 43 heavy (non-hydrogen) atoms. The number of methoxy groups -OCH3 is 1. The molecule has 0 atom stereocenters. The number of rotatable bonds is 10. The molecule has 0 aliphatic carbocycles. The minimum Gasteiger partial charge on any atom is -0.494 e. The molecule has 0 saturated carbocycles. The van der Waals surface area contributed by atoms with E-state index in [1.807, 2.05) is 53.2 Å². The quantitative estimate of drug-likeness (QED) is 0.201. The summed E-state index contributed by atoms with van der Waals surface area (Å²) in [6.07, 6.45) is 4.12. The van der Waals surface area contributed by atoms with Crippen molar-refractivity contribution in [2.75, 3.05) is 56.9 Å². The first kappa shape index (κ1) is 31.6. The molecule has 2 N–H and O–H groups in total. The number of para-hydroxylation sites is 1. The Labute approximate surface area is 255 Å². The molecule has 2 aromatic carbocycles. The average Bonchev–Trinajstić information content (AvgIpc) is 3.51. The summed E-state index contributed by atoms with van der Waals surface area (Å²) in [5.74, 6) is 0.757. The first-order valence-electron chi connectivity index (χ1n) is 14.9. The maximum Gasteiger partial charge on any atom is 0.247 e. The number of carbonyl (C=O) groups excluding carboxylic acids is 1. The van der Waals surface area contributed by atoms with Crippen LogP contribution in [0.1, 0.15) is 39.8 Å². The summed E-state index contributed by atoms with van der Waals surface area (Å²) < 4.78 is 8.21. The molecule has 0 spiro atoms. The SMILES string of the molecule is C=CC(=O)Nc1cc(Nc2nccc(-c3c4n(c5ccccc35)CCC4(C)C)n2)c(OC)cc1N(C)CCN(C)C.CC. The minimum atomic E-state index is -0.293. The number of likely N-dealkylation sites (N-methyl/N-ethyl adjacent to an activating group) is 2. The van der Waals surface area contributed by atoms with E-state index in [1.54, 1.807) is 13.3 Å². The van der Waals surface area contributed by atoms with Crippen LogP contribution in [0.15, 0.2) is 61.3 Å². The summed E-state index contributed by atoms with van der Waals surface area (Å²) in [5.41, 5.74) is 6.68. The van der Waals surface area contributed by atoms with E-state index in [-0.39, 0.29) is 11.3 Å². The van der Waals surface area contributed by atoms with Gasteiger partial charge < -0.3 is 29.7 Å². The summed E-state index contributed by atoms with van der Waals surface area (Å²) in [6.45, 7) is 14.8. The third kappa shape index (κ3) is 6.51. The van der Waals surface area contributed by atoms with E-state index in [1.165, 1.54) is 22.7 Å². The van der Waals surface area contributed by atoms with Gasteiger partial charge in [0.25, 0.3) is 0 Å². The number of benzene rings is 2. The Morgan fingerprint density at radius 3 is 2.56 bits per heavy atom. The zero-order valence-corrected chi connectivity index (χ0v) is 26.8. The number of nitrogens with one attached hydrogen (secondary N) is 2. The van der Waals surface area contributed by atoms with Crippen molar-refractivity contribution in [3.8, 4) is 17.0 Å². The van der Waals surface area contributed by atoms with Crippen LogP contribution in [0.5, 0.6) is 5.75 Å². The van der Waals surface area contributed by atoms with Crippen LogP contribution in [0.4, 0.5) is 23.0 Å². The van der Waals surface area contributed by atoms with Crippen LogP contribution in [0.25, 0.3) is 22.2 Å². The fourth-order valence-electron chi connectivity index (χ4n) is 5.59. The number of hydrogen-bond acceptors (Lipinski definition) is 7. The largest absolute Gasteiger partial charge is 0.494 e. The molecule has 0 radical (unpaired) electrons. The second-order valence-corrected chi connectivity index (χ2v) is 11.4. The predicted molar refractivity (Wildman–Crippen MR) is 179 cm³/mol. The second kappa shape index (κ2) is 13.3. The maximum atomic E-state index is 12.3. The topological polar surface area (TPSA) is 87.5 Å². The molecular formula is C34H45N7O2. The van der Waals surface area contributed by atoms with Gasteiger partial charge in [0, 0.05) is 66.5 Å². The van der Waals surface area contributed by atoms with Crippen LogP contribution in [0.3, 0.4) is 0 Å². The fraction of sp³-hybridized carbons (Fsp3) is 0.382. The van der Waals surface area contributed by atoms with Gasteiger partial charge in [-0.05, 0) is 44.8 Å². The van der Waals surface area contributed by atoms with Gasteiger partial charge in [-0.15, -0.1) is 0 Å². The molecule has 5 rings (SSSR count). The average molecular weight is 584 g/mol. The number of aryl methyl sites for hydroxylation is 1. The summed E-state index contributed by atoms with van der Waals surface area (Å²) >= 11 is 0. The zero-order chi connectivity index (χ0) is 31.3. The highest BCUT2D eigenvalue weighted by atomic mass is 16.5. The van der Waals surface area contributed by atoms with E-state index in [9.17, 15) is 4.79 Å². The molecule has 9 nitrogen and oxygen atoms in total. The molecule has 1 aliphatic heterocycles. The standard InChI is InChI=1S/C32H39N7O2.C2H6/c1-8-28(40)34-23-19-24(27(41-7)20-26(23)38(6)18-17-37(4)5)36-31-33-15-13-22(35-31)29-21-11-9-10-12-25(21)39-16-14-32(2,3)30(29)39;1-2/h8-13,15,19-20H,1,14,16-18H2,2-7H3,(H,34,40)(H,33,35,36);1-2H3. The van der Waals surface area contributed by atoms with E-state index >= 15 is 0 Å². The Bertz CT molecular complexity index is 1610. The van der Waals surface area contributed by atoms with Gasteiger partial charge in [0.2, 0.25) is 11.9 Å². The van der Waals surface area contributed by atoms with Crippen molar-refractivity contribution < 1.29 is 9.53 Å². The Morgan fingerprint density at radius 2 is 1.86 bits per heavy atom. The summed E-state index contributed by atoms with van der Waals surface area (Å²) in [7, 11) is 7.68. The maximum absolute atomic E-state index is 12.3. The molecule has 4 aromatic rings. The summed E-state index contributed by atoms with van der Waals surface area (Å²) in [5, 5.41) is 7.49. The zero-order valence-electron chi connectivity index (χ0n) is 26.8. The predicted octanol–water partition coefficient (Wildman–Crippen LogP) is 6.68. The van der Waals surface area contributed by atoms with Crippen LogP contribution >= 0.6 is 0 Å². The van der Waals surface area contributed by atoms with Gasteiger partial charge in [-0.1, -0.05) is 52.5 Å². The molecule has 0 bridgehead atoms. The van der Waals surface area contributed by atoms with E-state index in [4.69, 9.17) is 9.72 Å². The number of amides is 1. The van der Waals surface area contributed by atoms with Crippen LogP contribution < -0.4 is 20.3 Å². The lowest BCUT2D eigenvalue weighted by Gasteiger charge is -2.26. The van der Waals surface area contributed by atoms with E-state index in [0.29, 0.717) is 23.1 Å². The Hall–Kier alpha value is -4.37. The third-order valence-corrected chi connectivity index (χ3v) is 7.79. The molecule has 3 heterocycles. The fourth-order valence-corrected chi connectivity index (χ4v) is 5.59. The molecule has 0 unspecified atom stereocenters. The number of fused-ring (bicyclic) bond motifs is 3. The Balaban J connectivity index is 0.00000207. The van der Waals surface area contributed by atoms with Crippen molar-refractivity contribution in [3.63, 3.8) is 0 Å². The van der Waals surface area contributed by atoms with Crippen molar-refractivity contribution >= 4 is 39.8 Å². The lowest BCUT2D eigenvalue weighted by atomic mass is 9.85. The van der Waals surface area contributed by atoms with Crippen molar-refractivity contribution in [1.82, 2.24) is 19.4 Å². The molecule has 2 aromatic heterocycles. The number of ether oxygens (including phenoxy) is 1. The van der Waals surface area contributed by atoms with Gasteiger partial charge in [-0.25, -0.2) is 9.97 Å². The number of nitrogens with zero attached hydrogens (tertiary/aromatic N) is 5. The molecule has 1 amide bonds. The number of aromatic nitrogens is 3. The van der Waals surface area contributed by atoms with Gasteiger partial charge >= 0.3 is 0 Å².